The number of hydrogen-bond acceptors (Lipinski definition) is 7. The van der Waals surface area contributed by atoms with Crippen molar-refractivity contribution in [2.45, 2.75) is 6.92 Å². The fraction of sp³-hybridized carbons (Fsp3) is 0.0833. The number of nitrogen functional groups attached to an aromatic ring is 1. The van der Waals surface area contributed by atoms with E-state index in [2.05, 4.69) is 14.5 Å². The minimum Gasteiger partial charge on any atom is -0.508 e. The number of aryl methyl sites for hydroxylation is 1. The molecule has 96 valence electrons. The number of anilines is 1. The average molecular weight is 274 g/mol. The molecule has 0 bridgehead atoms. The molecule has 3 rings (SSSR count). The first-order chi connectivity index (χ1) is 9.15. The molecule has 0 unspecified atom stereocenters. The summed E-state index contributed by atoms with van der Waals surface area (Å²) in [5.41, 5.74) is 7.94. The molecule has 3 N–H and O–H groups in total. The zero-order valence-corrected chi connectivity index (χ0v) is 10.8. The number of aromatic hydroxyl groups is 1. The van der Waals surface area contributed by atoms with E-state index in [1.807, 2.05) is 6.92 Å². The van der Waals surface area contributed by atoms with Crippen molar-refractivity contribution in [1.82, 2.24) is 14.5 Å². The highest BCUT2D eigenvalue weighted by atomic mass is 32.1. The molecule has 1 aromatic carbocycles. The van der Waals surface area contributed by atoms with E-state index in [1.54, 1.807) is 24.3 Å². The van der Waals surface area contributed by atoms with Crippen molar-refractivity contribution < 1.29 is 9.63 Å². The molecule has 0 saturated heterocycles. The first-order valence-electron chi connectivity index (χ1n) is 5.50. The van der Waals surface area contributed by atoms with Crippen molar-refractivity contribution in [2.75, 3.05) is 5.73 Å². The predicted molar refractivity (Wildman–Crippen MR) is 71.7 cm³/mol. The average Bonchev–Trinajstić information content (AvgIpc) is 2.97. The van der Waals surface area contributed by atoms with Crippen molar-refractivity contribution in [2.24, 2.45) is 0 Å². The van der Waals surface area contributed by atoms with Gasteiger partial charge in [0.15, 0.2) is 0 Å². The molecule has 2 heterocycles. The minimum absolute atomic E-state index is 0.150. The monoisotopic (exact) mass is 274 g/mol. The first kappa shape index (κ1) is 11.7. The first-order valence-corrected chi connectivity index (χ1v) is 6.27. The Morgan fingerprint density at radius 3 is 2.89 bits per heavy atom. The molecule has 0 fully saturated rings. The van der Waals surface area contributed by atoms with Gasteiger partial charge in [0.1, 0.15) is 10.8 Å². The van der Waals surface area contributed by atoms with Crippen LogP contribution in [0.4, 0.5) is 5.00 Å². The Labute approximate surface area is 112 Å². The smallest absolute Gasteiger partial charge is 0.263 e. The fourth-order valence-corrected chi connectivity index (χ4v) is 2.39. The van der Waals surface area contributed by atoms with Crippen molar-refractivity contribution in [3.8, 4) is 28.6 Å². The number of hydrogen-bond donors (Lipinski definition) is 2. The Hall–Kier alpha value is -2.41. The van der Waals surface area contributed by atoms with Crippen LogP contribution in [0.1, 0.15) is 5.69 Å². The SMILES string of the molecule is Cc1nsc(N)c1-c1nc(-c2cccc(O)c2)no1. The second-order valence-corrected chi connectivity index (χ2v) is 4.79. The van der Waals surface area contributed by atoms with E-state index >= 15 is 0 Å². The summed E-state index contributed by atoms with van der Waals surface area (Å²) in [5, 5.41) is 13.9. The largest absolute Gasteiger partial charge is 0.508 e. The molecule has 0 amide bonds. The van der Waals surface area contributed by atoms with Gasteiger partial charge in [0.05, 0.1) is 11.3 Å². The molecular weight excluding hydrogens is 264 g/mol. The molecule has 0 aliphatic heterocycles. The van der Waals surface area contributed by atoms with Gasteiger partial charge in [-0.05, 0) is 30.6 Å². The summed E-state index contributed by atoms with van der Waals surface area (Å²) in [4.78, 5) is 4.28. The lowest BCUT2D eigenvalue weighted by Gasteiger charge is -1.94. The van der Waals surface area contributed by atoms with Crippen LogP contribution in [0.2, 0.25) is 0 Å². The van der Waals surface area contributed by atoms with E-state index in [1.165, 1.54) is 11.5 Å². The predicted octanol–water partition coefficient (Wildman–Crippen LogP) is 2.46. The molecule has 0 atom stereocenters. The number of nitrogens with two attached hydrogens (primary N) is 1. The summed E-state index contributed by atoms with van der Waals surface area (Å²) in [6, 6.07) is 6.65. The topological polar surface area (TPSA) is 98.1 Å². The third-order valence-corrected chi connectivity index (χ3v) is 3.40. The van der Waals surface area contributed by atoms with Crippen LogP contribution in [-0.2, 0) is 0 Å². The summed E-state index contributed by atoms with van der Waals surface area (Å²) in [5.74, 6) is 0.884. The number of benzene rings is 1. The standard InChI is InChI=1S/C12H10N4O2S/c1-6-9(10(13)19-16-6)12-14-11(15-18-12)7-3-2-4-8(17)5-7/h2-5,17H,13H2,1H3. The lowest BCUT2D eigenvalue weighted by Crippen LogP contribution is -1.86. The van der Waals surface area contributed by atoms with E-state index < -0.39 is 0 Å². The molecular formula is C12H10N4O2S. The van der Waals surface area contributed by atoms with E-state index in [4.69, 9.17) is 10.3 Å². The van der Waals surface area contributed by atoms with Gasteiger partial charge in [-0.15, -0.1) is 0 Å². The second kappa shape index (κ2) is 4.36. The highest BCUT2D eigenvalue weighted by Gasteiger charge is 2.18. The van der Waals surface area contributed by atoms with Crippen LogP contribution < -0.4 is 5.73 Å². The van der Waals surface area contributed by atoms with Crippen molar-refractivity contribution in [3.63, 3.8) is 0 Å². The van der Waals surface area contributed by atoms with Gasteiger partial charge >= 0.3 is 0 Å². The van der Waals surface area contributed by atoms with Crippen LogP contribution in [0.3, 0.4) is 0 Å². The third-order valence-electron chi connectivity index (χ3n) is 2.63. The third kappa shape index (κ3) is 2.04. The van der Waals surface area contributed by atoms with Crippen LogP contribution in [0.25, 0.3) is 22.8 Å². The van der Waals surface area contributed by atoms with Gasteiger partial charge in [-0.1, -0.05) is 17.3 Å². The van der Waals surface area contributed by atoms with Crippen LogP contribution >= 0.6 is 11.5 Å². The summed E-state index contributed by atoms with van der Waals surface area (Å²) in [6.07, 6.45) is 0. The summed E-state index contributed by atoms with van der Waals surface area (Å²) in [7, 11) is 0. The number of aromatic nitrogens is 3. The molecule has 3 aromatic rings. The second-order valence-electron chi connectivity index (χ2n) is 3.98. The number of nitrogens with zero attached hydrogens (tertiary/aromatic N) is 3. The van der Waals surface area contributed by atoms with Crippen LogP contribution in [-0.4, -0.2) is 19.6 Å². The van der Waals surface area contributed by atoms with Crippen molar-refractivity contribution in [1.29, 1.82) is 0 Å². The van der Waals surface area contributed by atoms with E-state index in [9.17, 15) is 5.11 Å². The molecule has 6 nitrogen and oxygen atoms in total. The normalized spacial score (nSPS) is 10.8. The van der Waals surface area contributed by atoms with Gasteiger partial charge < -0.3 is 15.4 Å². The number of phenolic OH excluding ortho intramolecular Hbond substituents is 1. The van der Waals surface area contributed by atoms with Gasteiger partial charge in [-0.3, -0.25) is 0 Å². The number of rotatable bonds is 2. The van der Waals surface area contributed by atoms with Gasteiger partial charge in [0.2, 0.25) is 5.82 Å². The Balaban J connectivity index is 2.05. The van der Waals surface area contributed by atoms with Gasteiger partial charge in [-0.2, -0.15) is 9.36 Å². The van der Waals surface area contributed by atoms with Crippen molar-refractivity contribution >= 4 is 16.5 Å². The van der Waals surface area contributed by atoms with Crippen LogP contribution in [0, 0.1) is 6.92 Å². The van der Waals surface area contributed by atoms with Crippen molar-refractivity contribution in [3.05, 3.63) is 30.0 Å². The molecule has 7 heteroatoms. The van der Waals surface area contributed by atoms with Gasteiger partial charge in [0.25, 0.3) is 5.89 Å². The highest BCUT2D eigenvalue weighted by molar-refractivity contribution is 7.10. The molecule has 19 heavy (non-hydrogen) atoms. The lowest BCUT2D eigenvalue weighted by molar-refractivity contribution is 0.432. The Kier molecular flexibility index (Phi) is 2.68. The zero-order chi connectivity index (χ0) is 13.4. The molecule has 0 aliphatic rings. The zero-order valence-electron chi connectivity index (χ0n) is 9.99. The lowest BCUT2D eigenvalue weighted by atomic mass is 10.2. The van der Waals surface area contributed by atoms with E-state index in [0.29, 0.717) is 27.8 Å². The molecule has 0 radical (unpaired) electrons. The van der Waals surface area contributed by atoms with E-state index in [0.717, 1.165) is 5.69 Å². The van der Waals surface area contributed by atoms with Gasteiger partial charge in [-0.25, -0.2) is 0 Å². The fourth-order valence-electron chi connectivity index (χ4n) is 1.73. The quantitative estimate of drug-likeness (QED) is 0.744. The Morgan fingerprint density at radius 2 is 2.21 bits per heavy atom. The molecule has 0 aliphatic carbocycles. The van der Waals surface area contributed by atoms with Crippen LogP contribution in [0.5, 0.6) is 5.75 Å². The highest BCUT2D eigenvalue weighted by Crippen LogP contribution is 2.32. The summed E-state index contributed by atoms with van der Waals surface area (Å²) >= 11 is 1.19. The summed E-state index contributed by atoms with van der Waals surface area (Å²) in [6.45, 7) is 1.83. The van der Waals surface area contributed by atoms with Gasteiger partial charge in [0, 0.05) is 5.56 Å². The Bertz CT molecular complexity index is 715. The maximum Gasteiger partial charge on any atom is 0.263 e. The maximum absolute atomic E-state index is 9.44. The Morgan fingerprint density at radius 1 is 1.37 bits per heavy atom. The summed E-state index contributed by atoms with van der Waals surface area (Å²) < 4.78 is 9.35. The maximum atomic E-state index is 9.44. The van der Waals surface area contributed by atoms with Crippen LogP contribution in [0.15, 0.2) is 28.8 Å². The minimum atomic E-state index is 0.150. The number of phenols is 1. The van der Waals surface area contributed by atoms with E-state index in [-0.39, 0.29) is 5.75 Å². The molecule has 2 aromatic heterocycles. The molecule has 0 saturated carbocycles. The molecule has 0 spiro atoms.